The average molecular weight is 302 g/mol. The van der Waals surface area contributed by atoms with Gasteiger partial charge in [0.1, 0.15) is 6.04 Å². The predicted octanol–water partition coefficient (Wildman–Crippen LogP) is 3.69. The van der Waals surface area contributed by atoms with Gasteiger partial charge in [-0.3, -0.25) is 4.79 Å². The molecule has 1 aliphatic heterocycles. The normalized spacial score (nSPS) is 22.4. The number of rotatable bonds is 2. The van der Waals surface area contributed by atoms with Gasteiger partial charge in [0.15, 0.2) is 0 Å². The first-order chi connectivity index (χ1) is 10.8. The molecule has 0 aromatic heterocycles. The third-order valence-electron chi connectivity index (χ3n) is 4.82. The Morgan fingerprint density at radius 2 is 1.77 bits per heavy atom. The van der Waals surface area contributed by atoms with Crippen molar-refractivity contribution in [2.75, 3.05) is 13.6 Å². The molecule has 1 aliphatic carbocycles. The third-order valence-corrected chi connectivity index (χ3v) is 4.82. The van der Waals surface area contributed by atoms with Gasteiger partial charge in [0.2, 0.25) is 5.91 Å². The van der Waals surface area contributed by atoms with Gasteiger partial charge in [0, 0.05) is 12.6 Å². The summed E-state index contributed by atoms with van der Waals surface area (Å²) in [6.07, 6.45) is 7.21. The second kappa shape index (κ2) is 8.33. The molecule has 122 valence electrons. The molecule has 0 radical (unpaired) electrons. The lowest BCUT2D eigenvalue weighted by atomic mass is 9.93. The number of nitrogens with zero attached hydrogens (tertiary/aromatic N) is 1. The molecule has 22 heavy (non-hydrogen) atoms. The molecule has 1 amide bonds. The molecule has 3 rings (SSSR count). The van der Waals surface area contributed by atoms with Crippen molar-refractivity contribution in [2.24, 2.45) is 0 Å². The highest BCUT2D eigenvalue weighted by atomic mass is 16.2. The summed E-state index contributed by atoms with van der Waals surface area (Å²) < 4.78 is 0. The van der Waals surface area contributed by atoms with Gasteiger partial charge < -0.3 is 10.2 Å². The van der Waals surface area contributed by atoms with Gasteiger partial charge in [-0.1, -0.05) is 57.4 Å². The van der Waals surface area contributed by atoms with E-state index in [-0.39, 0.29) is 11.9 Å². The molecule has 1 aromatic carbocycles. The van der Waals surface area contributed by atoms with Crippen molar-refractivity contribution in [1.82, 2.24) is 10.2 Å². The number of amides is 1. The summed E-state index contributed by atoms with van der Waals surface area (Å²) in [6, 6.07) is 8.66. The summed E-state index contributed by atoms with van der Waals surface area (Å²) >= 11 is 0. The van der Waals surface area contributed by atoms with Crippen molar-refractivity contribution in [2.45, 2.75) is 64.5 Å². The molecular formula is C19H30N2O. The Hall–Kier alpha value is -1.35. The van der Waals surface area contributed by atoms with Crippen LogP contribution in [0.5, 0.6) is 0 Å². The Kier molecular flexibility index (Phi) is 6.44. The Morgan fingerprint density at radius 3 is 2.45 bits per heavy atom. The molecule has 1 heterocycles. The topological polar surface area (TPSA) is 32.3 Å². The van der Waals surface area contributed by atoms with Crippen LogP contribution in [-0.2, 0) is 11.2 Å². The fourth-order valence-corrected chi connectivity index (χ4v) is 3.73. The van der Waals surface area contributed by atoms with Gasteiger partial charge in [0.05, 0.1) is 0 Å². The number of benzene rings is 1. The molecule has 1 N–H and O–H groups in total. The molecule has 1 saturated carbocycles. The summed E-state index contributed by atoms with van der Waals surface area (Å²) in [5.41, 5.74) is 2.48. The number of fused-ring (bicyclic) bond motifs is 1. The van der Waals surface area contributed by atoms with Crippen LogP contribution in [0.2, 0.25) is 0 Å². The molecule has 1 fully saturated rings. The van der Waals surface area contributed by atoms with Crippen molar-refractivity contribution in [3.05, 3.63) is 35.4 Å². The van der Waals surface area contributed by atoms with Crippen LogP contribution in [0.15, 0.2) is 24.3 Å². The van der Waals surface area contributed by atoms with Crippen LogP contribution < -0.4 is 5.32 Å². The summed E-state index contributed by atoms with van der Waals surface area (Å²) in [7, 11) is 1.89. The molecule has 0 saturated heterocycles. The Balaban J connectivity index is 0.000000847. The first kappa shape index (κ1) is 17.0. The van der Waals surface area contributed by atoms with Crippen molar-refractivity contribution in [1.29, 1.82) is 0 Å². The fraction of sp³-hybridized carbons (Fsp3) is 0.632. The van der Waals surface area contributed by atoms with Crippen molar-refractivity contribution in [3.8, 4) is 0 Å². The van der Waals surface area contributed by atoms with Crippen LogP contribution in [0.25, 0.3) is 0 Å². The van der Waals surface area contributed by atoms with Crippen LogP contribution in [0.3, 0.4) is 0 Å². The number of hydrogen-bond donors (Lipinski definition) is 1. The van der Waals surface area contributed by atoms with Gasteiger partial charge in [-0.15, -0.1) is 0 Å². The smallest absolute Gasteiger partial charge is 0.244 e. The van der Waals surface area contributed by atoms with E-state index in [0.717, 1.165) is 13.0 Å². The highest BCUT2D eigenvalue weighted by Crippen LogP contribution is 2.29. The summed E-state index contributed by atoms with van der Waals surface area (Å²) in [4.78, 5) is 15.1. The largest absolute Gasteiger partial charge is 0.338 e. The first-order valence-corrected chi connectivity index (χ1v) is 8.87. The molecule has 1 unspecified atom stereocenters. The van der Waals surface area contributed by atoms with Gasteiger partial charge in [-0.2, -0.15) is 0 Å². The number of likely N-dealkylation sites (N-methyl/N-ethyl adjacent to an activating group) is 1. The monoisotopic (exact) mass is 302 g/mol. The maximum Gasteiger partial charge on any atom is 0.244 e. The molecule has 3 nitrogen and oxygen atoms in total. The molecule has 0 bridgehead atoms. The maximum absolute atomic E-state index is 12.9. The van der Waals surface area contributed by atoms with E-state index >= 15 is 0 Å². The quantitative estimate of drug-likeness (QED) is 0.903. The Labute approximate surface area is 135 Å². The zero-order valence-corrected chi connectivity index (χ0v) is 14.3. The predicted molar refractivity (Wildman–Crippen MR) is 91.9 cm³/mol. The summed E-state index contributed by atoms with van der Waals surface area (Å²) in [5, 5.41) is 3.23. The maximum atomic E-state index is 12.9. The summed E-state index contributed by atoms with van der Waals surface area (Å²) in [5.74, 6) is 0.268. The summed E-state index contributed by atoms with van der Waals surface area (Å²) in [6.45, 7) is 4.87. The lowest BCUT2D eigenvalue weighted by molar-refractivity contribution is -0.136. The number of carbonyl (C=O) groups excluding carboxylic acids is 1. The second-order valence-electron chi connectivity index (χ2n) is 5.99. The van der Waals surface area contributed by atoms with E-state index in [2.05, 4.69) is 28.4 Å². The highest BCUT2D eigenvalue weighted by molar-refractivity contribution is 5.84. The van der Waals surface area contributed by atoms with Crippen LogP contribution in [0.4, 0.5) is 0 Å². The van der Waals surface area contributed by atoms with E-state index in [9.17, 15) is 4.79 Å². The number of nitrogens with one attached hydrogen (secondary N) is 1. The van der Waals surface area contributed by atoms with Gasteiger partial charge in [-0.05, 0) is 37.4 Å². The van der Waals surface area contributed by atoms with E-state index in [4.69, 9.17) is 0 Å². The second-order valence-corrected chi connectivity index (χ2v) is 5.99. The van der Waals surface area contributed by atoms with Gasteiger partial charge >= 0.3 is 0 Å². The van der Waals surface area contributed by atoms with E-state index < -0.39 is 0 Å². The van der Waals surface area contributed by atoms with Crippen LogP contribution in [-0.4, -0.2) is 30.4 Å². The lowest BCUT2D eigenvalue weighted by Gasteiger charge is -2.35. The third kappa shape index (κ3) is 3.52. The van der Waals surface area contributed by atoms with E-state index in [0.29, 0.717) is 6.04 Å². The fourth-order valence-electron chi connectivity index (χ4n) is 3.73. The van der Waals surface area contributed by atoms with Crippen LogP contribution in [0.1, 0.15) is 63.1 Å². The molecule has 3 heteroatoms. The van der Waals surface area contributed by atoms with E-state index in [1.165, 1.54) is 43.2 Å². The standard InChI is InChI=1S/C17H24N2O.C2H6/c1-18-16-15-10-6-5-7-13(15)11-12-19(17(16)20)14-8-3-2-4-9-14;1-2/h5-7,10,14,16,18H,2-4,8-9,11-12H2,1H3;1-2H3. The Bertz CT molecular complexity index is 480. The van der Waals surface area contributed by atoms with Gasteiger partial charge in [0.25, 0.3) is 0 Å². The van der Waals surface area contributed by atoms with Crippen molar-refractivity contribution < 1.29 is 4.79 Å². The SMILES string of the molecule is CC.CNC1C(=O)N(C2CCCCC2)CCc2ccccc21. The number of hydrogen-bond acceptors (Lipinski definition) is 2. The highest BCUT2D eigenvalue weighted by Gasteiger charge is 2.33. The molecule has 2 aliphatic rings. The minimum atomic E-state index is -0.171. The minimum Gasteiger partial charge on any atom is -0.338 e. The van der Waals surface area contributed by atoms with E-state index in [1.807, 2.05) is 27.0 Å². The molecule has 1 aromatic rings. The van der Waals surface area contributed by atoms with E-state index in [1.54, 1.807) is 0 Å². The van der Waals surface area contributed by atoms with Crippen molar-refractivity contribution in [3.63, 3.8) is 0 Å². The average Bonchev–Trinajstić information content (AvgIpc) is 2.73. The van der Waals surface area contributed by atoms with Crippen LogP contribution in [0, 0.1) is 0 Å². The van der Waals surface area contributed by atoms with Gasteiger partial charge in [-0.25, -0.2) is 0 Å². The first-order valence-electron chi connectivity index (χ1n) is 8.87. The number of carbonyl (C=O) groups is 1. The minimum absolute atomic E-state index is 0.171. The van der Waals surface area contributed by atoms with Crippen LogP contribution >= 0.6 is 0 Å². The Morgan fingerprint density at radius 1 is 1.09 bits per heavy atom. The zero-order chi connectivity index (χ0) is 15.9. The molecule has 1 atom stereocenters. The lowest BCUT2D eigenvalue weighted by Crippen LogP contribution is -2.46. The molecule has 0 spiro atoms. The zero-order valence-electron chi connectivity index (χ0n) is 14.3. The van der Waals surface area contributed by atoms with Crippen molar-refractivity contribution >= 4 is 5.91 Å². The molecular weight excluding hydrogens is 272 g/mol.